The molecule has 24 heavy (non-hydrogen) atoms. The van der Waals surface area contributed by atoms with Gasteiger partial charge in [0.05, 0.1) is 11.2 Å². The first-order valence-corrected chi connectivity index (χ1v) is 7.91. The summed E-state index contributed by atoms with van der Waals surface area (Å²) in [5.74, 6) is 0.720. The van der Waals surface area contributed by atoms with Gasteiger partial charge in [0.2, 0.25) is 0 Å². The molecule has 0 aliphatic heterocycles. The van der Waals surface area contributed by atoms with Crippen molar-refractivity contribution >= 4 is 27.8 Å². The fraction of sp³-hybridized carbons (Fsp3) is 0.0476. The summed E-state index contributed by atoms with van der Waals surface area (Å²) < 4.78 is 0. The highest BCUT2D eigenvalue weighted by Crippen LogP contribution is 2.28. The molecule has 3 nitrogen and oxygen atoms in total. The van der Waals surface area contributed by atoms with Gasteiger partial charge < -0.3 is 5.73 Å². The molecule has 0 fully saturated rings. The maximum Gasteiger partial charge on any atom is 0.161 e. The van der Waals surface area contributed by atoms with Crippen LogP contribution in [0.3, 0.4) is 0 Å². The van der Waals surface area contributed by atoms with Crippen LogP contribution in [0, 0.1) is 0 Å². The largest absolute Gasteiger partial charge is 0.402 e. The Bertz CT molecular complexity index is 1070. The number of rotatable bonds is 2. The summed E-state index contributed by atoms with van der Waals surface area (Å²) in [7, 11) is 0. The Balaban J connectivity index is 2.05. The lowest BCUT2D eigenvalue weighted by atomic mass is 10.0. The predicted octanol–water partition coefficient (Wildman–Crippen LogP) is 4.77. The fourth-order valence-electron chi connectivity index (χ4n) is 2.97. The first kappa shape index (κ1) is 14.4. The minimum atomic E-state index is 0.720. The summed E-state index contributed by atoms with van der Waals surface area (Å²) in [4.78, 5) is 9.58. The van der Waals surface area contributed by atoms with Crippen molar-refractivity contribution in [2.45, 2.75) is 6.92 Å². The Hall–Kier alpha value is -3.20. The Kier molecular flexibility index (Phi) is 3.47. The van der Waals surface area contributed by atoms with Gasteiger partial charge >= 0.3 is 0 Å². The smallest absolute Gasteiger partial charge is 0.161 e. The van der Waals surface area contributed by atoms with Crippen LogP contribution in [0.2, 0.25) is 0 Å². The zero-order valence-corrected chi connectivity index (χ0v) is 13.4. The van der Waals surface area contributed by atoms with Crippen LogP contribution in [0.1, 0.15) is 12.6 Å². The summed E-state index contributed by atoms with van der Waals surface area (Å²) in [5, 5.41) is 3.33. The molecule has 0 radical (unpaired) electrons. The monoisotopic (exact) mass is 311 g/mol. The number of nitrogens with zero attached hydrogens (tertiary/aromatic N) is 2. The van der Waals surface area contributed by atoms with Crippen LogP contribution in [0.15, 0.2) is 72.4 Å². The molecular weight excluding hydrogens is 294 g/mol. The Morgan fingerprint density at radius 1 is 0.833 bits per heavy atom. The average Bonchev–Trinajstić information content (AvgIpc) is 2.60. The van der Waals surface area contributed by atoms with E-state index in [9.17, 15) is 0 Å². The van der Waals surface area contributed by atoms with Crippen LogP contribution in [-0.2, 0) is 0 Å². The van der Waals surface area contributed by atoms with Crippen molar-refractivity contribution in [2.24, 2.45) is 5.73 Å². The van der Waals surface area contributed by atoms with Gasteiger partial charge in [-0.25, -0.2) is 9.97 Å². The van der Waals surface area contributed by atoms with Gasteiger partial charge in [0, 0.05) is 16.6 Å². The third-order valence-electron chi connectivity index (χ3n) is 4.03. The summed E-state index contributed by atoms with van der Waals surface area (Å²) >= 11 is 0. The number of aromatic nitrogens is 2. The van der Waals surface area contributed by atoms with Gasteiger partial charge in [-0.05, 0) is 29.8 Å². The molecule has 0 aliphatic carbocycles. The van der Waals surface area contributed by atoms with E-state index >= 15 is 0 Å². The molecule has 0 amide bonds. The topological polar surface area (TPSA) is 51.8 Å². The number of fused-ring (bicyclic) bond motifs is 2. The quantitative estimate of drug-likeness (QED) is 0.580. The second-order valence-electron chi connectivity index (χ2n) is 5.86. The van der Waals surface area contributed by atoms with Crippen molar-refractivity contribution in [1.29, 1.82) is 0 Å². The van der Waals surface area contributed by atoms with E-state index in [1.165, 1.54) is 5.39 Å². The first-order chi connectivity index (χ1) is 11.7. The molecule has 3 heteroatoms. The molecule has 0 spiro atoms. The highest BCUT2D eigenvalue weighted by molar-refractivity contribution is 5.96. The number of para-hydroxylation sites is 1. The maximum absolute atomic E-state index is 5.90. The minimum Gasteiger partial charge on any atom is -0.402 e. The number of allylic oxidation sites excluding steroid dienone is 1. The van der Waals surface area contributed by atoms with E-state index in [-0.39, 0.29) is 0 Å². The lowest BCUT2D eigenvalue weighted by molar-refractivity contribution is 1.21. The van der Waals surface area contributed by atoms with Gasteiger partial charge in [0.15, 0.2) is 5.82 Å². The van der Waals surface area contributed by atoms with Gasteiger partial charge in [-0.1, -0.05) is 60.7 Å². The Morgan fingerprint density at radius 2 is 1.54 bits per heavy atom. The second-order valence-corrected chi connectivity index (χ2v) is 5.86. The van der Waals surface area contributed by atoms with Gasteiger partial charge in [0.25, 0.3) is 0 Å². The molecule has 4 aromatic rings. The molecule has 1 aromatic heterocycles. The third kappa shape index (κ3) is 2.50. The number of hydrogen-bond donors (Lipinski definition) is 1. The Labute approximate surface area is 140 Å². The van der Waals surface area contributed by atoms with Crippen LogP contribution < -0.4 is 5.73 Å². The summed E-state index contributed by atoms with van der Waals surface area (Å²) in [6, 6.07) is 22.5. The molecule has 0 saturated carbocycles. The van der Waals surface area contributed by atoms with Crippen molar-refractivity contribution < 1.29 is 0 Å². The summed E-state index contributed by atoms with van der Waals surface area (Å²) in [6.07, 6.45) is 1.90. The molecule has 0 bridgehead atoms. The number of benzene rings is 3. The van der Waals surface area contributed by atoms with E-state index in [1.807, 2.05) is 55.5 Å². The van der Waals surface area contributed by atoms with E-state index in [2.05, 4.69) is 24.3 Å². The van der Waals surface area contributed by atoms with Crippen LogP contribution in [0.4, 0.5) is 0 Å². The predicted molar refractivity (Wildman–Crippen MR) is 100 cm³/mol. The average molecular weight is 311 g/mol. The van der Waals surface area contributed by atoms with Gasteiger partial charge in [-0.15, -0.1) is 0 Å². The van der Waals surface area contributed by atoms with Crippen LogP contribution in [0.25, 0.3) is 39.1 Å². The van der Waals surface area contributed by atoms with Crippen LogP contribution in [0.5, 0.6) is 0 Å². The summed E-state index contributed by atoms with van der Waals surface area (Å²) in [5.41, 5.74) is 9.42. The lowest BCUT2D eigenvalue weighted by Crippen LogP contribution is -1.97. The van der Waals surface area contributed by atoms with Gasteiger partial charge in [0.1, 0.15) is 0 Å². The highest BCUT2D eigenvalue weighted by atomic mass is 14.9. The fourth-order valence-corrected chi connectivity index (χ4v) is 2.97. The van der Waals surface area contributed by atoms with Crippen LogP contribution >= 0.6 is 0 Å². The first-order valence-electron chi connectivity index (χ1n) is 7.91. The molecule has 4 rings (SSSR count). The zero-order chi connectivity index (χ0) is 16.5. The molecule has 116 valence electrons. The van der Waals surface area contributed by atoms with E-state index < -0.39 is 0 Å². The van der Waals surface area contributed by atoms with E-state index in [0.29, 0.717) is 0 Å². The third-order valence-corrected chi connectivity index (χ3v) is 4.03. The van der Waals surface area contributed by atoms with Crippen LogP contribution in [-0.4, -0.2) is 9.97 Å². The van der Waals surface area contributed by atoms with Gasteiger partial charge in [-0.3, -0.25) is 0 Å². The van der Waals surface area contributed by atoms with Crippen molar-refractivity contribution in [3.63, 3.8) is 0 Å². The van der Waals surface area contributed by atoms with E-state index in [1.54, 1.807) is 0 Å². The molecule has 1 heterocycles. The van der Waals surface area contributed by atoms with E-state index in [4.69, 9.17) is 15.7 Å². The Morgan fingerprint density at radius 3 is 2.38 bits per heavy atom. The maximum atomic E-state index is 5.90. The minimum absolute atomic E-state index is 0.720. The highest BCUT2D eigenvalue weighted by Gasteiger charge is 2.10. The number of hydrogen-bond acceptors (Lipinski definition) is 3. The molecular formula is C21H17N3. The van der Waals surface area contributed by atoms with Crippen molar-refractivity contribution in [1.82, 2.24) is 9.97 Å². The zero-order valence-electron chi connectivity index (χ0n) is 13.4. The number of nitrogens with two attached hydrogens (primary N) is 1. The van der Waals surface area contributed by atoms with Crippen molar-refractivity contribution in [3.05, 3.63) is 78.1 Å². The second kappa shape index (κ2) is 5.78. The molecule has 0 unspecified atom stereocenters. The lowest BCUT2D eigenvalue weighted by Gasteiger charge is -2.09. The normalized spacial score (nSPS) is 12.0. The standard InChI is InChI=1S/C21H17N3/c1-14(22)13-20-18-10-4-5-12-19(18)23-21(24-20)17-11-6-8-15-7-2-3-9-16(15)17/h2-13H,22H2,1H3. The summed E-state index contributed by atoms with van der Waals surface area (Å²) in [6.45, 7) is 1.87. The van der Waals surface area contributed by atoms with Crippen molar-refractivity contribution in [3.8, 4) is 11.4 Å². The SMILES string of the molecule is CC(N)=Cc1nc(-c2cccc3ccccc23)nc2ccccc12. The molecule has 0 atom stereocenters. The van der Waals surface area contributed by atoms with Gasteiger partial charge in [-0.2, -0.15) is 0 Å². The molecule has 0 saturated heterocycles. The molecule has 2 N–H and O–H groups in total. The molecule has 3 aromatic carbocycles. The molecule has 0 aliphatic rings. The van der Waals surface area contributed by atoms with E-state index in [0.717, 1.165) is 39.1 Å². The van der Waals surface area contributed by atoms with Crippen molar-refractivity contribution in [2.75, 3.05) is 0 Å².